The third kappa shape index (κ3) is 9.51. The number of rotatable bonds is 7. The lowest BCUT2D eigenvalue weighted by molar-refractivity contribution is -0.141. The number of hydrogen-bond acceptors (Lipinski definition) is 2. The van der Waals surface area contributed by atoms with E-state index in [1.54, 1.807) is 0 Å². The molecule has 0 aliphatic heterocycles. The fourth-order valence-electron chi connectivity index (χ4n) is 3.28. The standard InChI is InChI=1S/C20H17Cl2F5N2O.3C2H6/c21-14-3-1-2-13(16(14)22)17(30)29-10-12(8-19(6-7-19)18(23)24)11-4-5-15(28-9-11)20(25,26)27;3*1-2/h1-5,9,12,18H,6-8,10H2,(H,29,30);3*1-2H3. The number of benzene rings is 1. The summed E-state index contributed by atoms with van der Waals surface area (Å²) in [6, 6.07) is 6.52. The molecule has 1 saturated carbocycles. The van der Waals surface area contributed by atoms with Crippen molar-refractivity contribution in [2.75, 3.05) is 6.54 Å². The highest BCUT2D eigenvalue weighted by atomic mass is 35.5. The first-order valence-electron chi connectivity index (χ1n) is 12.1. The third-order valence-electron chi connectivity index (χ3n) is 5.26. The number of halogens is 7. The topological polar surface area (TPSA) is 42.0 Å². The van der Waals surface area contributed by atoms with Gasteiger partial charge in [-0.3, -0.25) is 9.78 Å². The Labute approximate surface area is 220 Å². The van der Waals surface area contributed by atoms with E-state index in [0.717, 1.165) is 12.3 Å². The largest absolute Gasteiger partial charge is 0.433 e. The van der Waals surface area contributed by atoms with Gasteiger partial charge in [-0.1, -0.05) is 76.9 Å². The third-order valence-corrected chi connectivity index (χ3v) is 6.08. The Balaban J connectivity index is 0.00000190. The van der Waals surface area contributed by atoms with Gasteiger partial charge in [0.15, 0.2) is 0 Å². The van der Waals surface area contributed by atoms with Gasteiger partial charge < -0.3 is 5.32 Å². The summed E-state index contributed by atoms with van der Waals surface area (Å²) in [6.45, 7) is 11.9. The average Bonchev–Trinajstić information content (AvgIpc) is 3.67. The maximum absolute atomic E-state index is 13.4. The molecule has 1 N–H and O–H groups in total. The van der Waals surface area contributed by atoms with Crippen LogP contribution in [0.1, 0.15) is 88.3 Å². The summed E-state index contributed by atoms with van der Waals surface area (Å²) in [5, 5.41) is 2.86. The SMILES string of the molecule is CC.CC.CC.O=C(NCC(CC1(C(F)F)CC1)c1ccc(C(F)(F)F)nc1)c1cccc(Cl)c1Cl. The number of alkyl halides is 5. The van der Waals surface area contributed by atoms with Gasteiger partial charge in [0.1, 0.15) is 5.69 Å². The van der Waals surface area contributed by atoms with E-state index < -0.39 is 35.5 Å². The second kappa shape index (κ2) is 16.0. The molecule has 1 aromatic carbocycles. The van der Waals surface area contributed by atoms with Crippen LogP contribution >= 0.6 is 23.2 Å². The summed E-state index contributed by atoms with van der Waals surface area (Å²) >= 11 is 11.9. The normalized spacial score (nSPS) is 14.2. The first-order chi connectivity index (χ1) is 17.0. The molecule has 3 rings (SSSR count). The van der Waals surface area contributed by atoms with Crippen molar-refractivity contribution in [3.63, 3.8) is 0 Å². The lowest BCUT2D eigenvalue weighted by Crippen LogP contribution is -2.31. The molecule has 1 aromatic heterocycles. The van der Waals surface area contributed by atoms with Gasteiger partial charge in [0.2, 0.25) is 6.43 Å². The summed E-state index contributed by atoms with van der Waals surface area (Å²) in [5.74, 6) is -1.20. The van der Waals surface area contributed by atoms with E-state index in [4.69, 9.17) is 23.2 Å². The molecule has 1 unspecified atom stereocenters. The minimum atomic E-state index is -4.60. The fourth-order valence-corrected chi connectivity index (χ4v) is 3.66. The van der Waals surface area contributed by atoms with E-state index in [-0.39, 0.29) is 28.6 Å². The van der Waals surface area contributed by atoms with Gasteiger partial charge in [0.25, 0.3) is 5.91 Å². The van der Waals surface area contributed by atoms with Gasteiger partial charge in [0, 0.05) is 24.1 Å². The van der Waals surface area contributed by atoms with Crippen LogP contribution in [0.4, 0.5) is 22.0 Å². The van der Waals surface area contributed by atoms with E-state index in [1.165, 1.54) is 24.3 Å². The maximum atomic E-state index is 13.4. The Morgan fingerprint density at radius 1 is 1.03 bits per heavy atom. The highest BCUT2D eigenvalue weighted by Gasteiger charge is 2.52. The molecular weight excluding hydrogens is 522 g/mol. The molecule has 1 atom stereocenters. The monoisotopic (exact) mass is 556 g/mol. The number of carbonyl (C=O) groups excluding carboxylic acids is 1. The average molecular weight is 557 g/mol. The molecule has 0 saturated heterocycles. The van der Waals surface area contributed by atoms with Crippen LogP contribution in [0, 0.1) is 5.41 Å². The summed E-state index contributed by atoms with van der Waals surface area (Å²) in [5.41, 5.74) is -1.81. The van der Waals surface area contributed by atoms with E-state index in [9.17, 15) is 26.7 Å². The van der Waals surface area contributed by atoms with Crippen LogP contribution < -0.4 is 5.32 Å². The van der Waals surface area contributed by atoms with Gasteiger partial charge in [0.05, 0.1) is 15.6 Å². The predicted molar refractivity (Wildman–Crippen MR) is 137 cm³/mol. The summed E-state index contributed by atoms with van der Waals surface area (Å²) in [4.78, 5) is 15.9. The molecule has 36 heavy (non-hydrogen) atoms. The van der Waals surface area contributed by atoms with E-state index >= 15 is 0 Å². The smallest absolute Gasteiger partial charge is 0.351 e. The predicted octanol–water partition coefficient (Wildman–Crippen LogP) is 9.43. The van der Waals surface area contributed by atoms with Gasteiger partial charge in [-0.2, -0.15) is 13.2 Å². The maximum Gasteiger partial charge on any atom is 0.433 e. The van der Waals surface area contributed by atoms with Crippen LogP contribution in [-0.2, 0) is 6.18 Å². The summed E-state index contributed by atoms with van der Waals surface area (Å²) in [7, 11) is 0. The van der Waals surface area contributed by atoms with Crippen molar-refractivity contribution < 1.29 is 26.7 Å². The van der Waals surface area contributed by atoms with Gasteiger partial charge in [-0.15, -0.1) is 0 Å². The zero-order valence-corrected chi connectivity index (χ0v) is 23.0. The molecular formula is C26H35Cl2F5N2O. The first kappa shape index (κ1) is 34.1. The second-order valence-corrected chi connectivity index (χ2v) is 8.14. The van der Waals surface area contributed by atoms with Crippen LogP contribution in [0.3, 0.4) is 0 Å². The minimum absolute atomic E-state index is 0.0151. The Morgan fingerprint density at radius 3 is 2.06 bits per heavy atom. The number of aromatic nitrogens is 1. The Kier molecular flexibility index (Phi) is 15.2. The number of nitrogens with one attached hydrogen (secondary N) is 1. The molecule has 10 heteroatoms. The van der Waals surface area contributed by atoms with Crippen LogP contribution in [0.2, 0.25) is 10.0 Å². The Bertz CT molecular complexity index is 918. The first-order valence-corrected chi connectivity index (χ1v) is 12.8. The van der Waals surface area contributed by atoms with Crippen LogP contribution in [0.25, 0.3) is 0 Å². The summed E-state index contributed by atoms with van der Waals surface area (Å²) < 4.78 is 65.2. The lowest BCUT2D eigenvalue weighted by Gasteiger charge is -2.24. The van der Waals surface area contributed by atoms with Crippen molar-refractivity contribution in [1.29, 1.82) is 0 Å². The van der Waals surface area contributed by atoms with E-state index in [0.29, 0.717) is 18.4 Å². The van der Waals surface area contributed by atoms with Gasteiger partial charge in [-0.25, -0.2) is 8.78 Å². The van der Waals surface area contributed by atoms with Crippen LogP contribution in [0.15, 0.2) is 36.5 Å². The number of nitrogens with zero attached hydrogens (tertiary/aromatic N) is 1. The molecule has 0 spiro atoms. The molecule has 1 fully saturated rings. The lowest BCUT2D eigenvalue weighted by atomic mass is 9.87. The quantitative estimate of drug-likeness (QED) is 0.345. The molecule has 0 bridgehead atoms. The van der Waals surface area contributed by atoms with Crippen molar-refractivity contribution in [2.45, 2.75) is 79.3 Å². The Hall–Kier alpha value is -1.93. The highest BCUT2D eigenvalue weighted by Crippen LogP contribution is 2.56. The van der Waals surface area contributed by atoms with Crippen molar-refractivity contribution in [1.82, 2.24) is 10.3 Å². The second-order valence-electron chi connectivity index (χ2n) is 7.35. The molecule has 1 aliphatic carbocycles. The van der Waals surface area contributed by atoms with Gasteiger partial charge >= 0.3 is 6.18 Å². The van der Waals surface area contributed by atoms with E-state index in [1.807, 2.05) is 41.5 Å². The minimum Gasteiger partial charge on any atom is -0.351 e. The zero-order valence-electron chi connectivity index (χ0n) is 21.4. The number of hydrogen-bond donors (Lipinski definition) is 1. The molecule has 1 aliphatic rings. The van der Waals surface area contributed by atoms with Crippen LogP contribution in [-0.4, -0.2) is 23.9 Å². The Morgan fingerprint density at radius 2 is 1.61 bits per heavy atom. The summed E-state index contributed by atoms with van der Waals surface area (Å²) in [6.07, 6.45) is -5.48. The zero-order chi connectivity index (χ0) is 28.1. The van der Waals surface area contributed by atoms with Crippen molar-refractivity contribution in [3.8, 4) is 0 Å². The molecule has 1 amide bonds. The van der Waals surface area contributed by atoms with Crippen molar-refractivity contribution in [3.05, 3.63) is 63.4 Å². The molecule has 2 aromatic rings. The fraction of sp³-hybridized carbons (Fsp3) is 0.538. The number of carbonyl (C=O) groups is 1. The van der Waals surface area contributed by atoms with Crippen molar-refractivity contribution >= 4 is 29.1 Å². The number of pyridine rings is 1. The van der Waals surface area contributed by atoms with E-state index in [2.05, 4.69) is 10.3 Å². The molecule has 204 valence electrons. The van der Waals surface area contributed by atoms with Crippen molar-refractivity contribution in [2.24, 2.45) is 5.41 Å². The number of amides is 1. The van der Waals surface area contributed by atoms with Gasteiger partial charge in [-0.05, 0) is 43.0 Å². The van der Waals surface area contributed by atoms with Crippen LogP contribution in [0.5, 0.6) is 0 Å². The highest BCUT2D eigenvalue weighted by molar-refractivity contribution is 6.43. The molecule has 1 heterocycles. The molecule has 3 nitrogen and oxygen atoms in total. The molecule has 0 radical (unpaired) electrons.